The second kappa shape index (κ2) is 34.2. The van der Waals surface area contributed by atoms with Gasteiger partial charge in [-0.3, -0.25) is 22.7 Å². The van der Waals surface area contributed by atoms with Crippen molar-refractivity contribution >= 4 is 0 Å². The number of pyridine rings is 6. The van der Waals surface area contributed by atoms with Crippen molar-refractivity contribution in [2.45, 2.75) is 0 Å². The number of aromatic nitrogens is 6. The van der Waals surface area contributed by atoms with Gasteiger partial charge in [-0.1, -0.05) is 256 Å². The molecule has 0 bridgehead atoms. The van der Waals surface area contributed by atoms with E-state index < -0.39 is 0 Å². The third-order valence-electron chi connectivity index (χ3n) is 21.0. The van der Waals surface area contributed by atoms with Crippen LogP contribution in [0, 0.1) is 36.4 Å². The molecule has 0 radical (unpaired) electrons. The molecule has 19 rings (SSSR count). The average molecular weight is 1830 g/mol. The monoisotopic (exact) mass is 1830 g/mol. The molecule has 0 saturated carbocycles. The Morgan fingerprint density at radius 1 is 0.155 bits per heavy atom. The Balaban J connectivity index is 0.00000484. The van der Waals surface area contributed by atoms with Crippen molar-refractivity contribution in [3.05, 3.63) is 438 Å². The van der Waals surface area contributed by atoms with Gasteiger partial charge >= 0.3 is 40.2 Å². The molecule has 0 saturated heterocycles. The summed E-state index contributed by atoms with van der Waals surface area (Å²) in [6.07, 6.45) is 11.2. The summed E-state index contributed by atoms with van der Waals surface area (Å²) in [4.78, 5) is 28.8. The molecule has 116 heavy (non-hydrogen) atoms. The Kier molecular flexibility index (Phi) is 22.0. The molecule has 6 heterocycles. The number of hydrogen-bond donors (Lipinski definition) is 0. The first-order valence-electron chi connectivity index (χ1n) is 38.0. The molecule has 0 aliphatic carbocycles. The maximum atomic E-state index is 5.19. The van der Waals surface area contributed by atoms with Crippen LogP contribution >= 0.6 is 0 Å². The Labute approximate surface area is 703 Å². The minimum absolute atomic E-state index is 0. The fourth-order valence-corrected chi connectivity index (χ4v) is 15.3. The van der Waals surface area contributed by atoms with Crippen LogP contribution in [0.15, 0.2) is 401 Å². The van der Waals surface area contributed by atoms with Gasteiger partial charge in [-0.15, -0.1) is 125 Å². The second-order valence-electron chi connectivity index (χ2n) is 28.0. The van der Waals surface area contributed by atoms with Gasteiger partial charge in [-0.25, -0.2) is 12.1 Å². The minimum atomic E-state index is 0. The molecule has 0 aliphatic heterocycles. The van der Waals surface area contributed by atoms with E-state index >= 15 is 0 Å². The van der Waals surface area contributed by atoms with Gasteiger partial charge < -0.3 is 24.9 Å². The van der Waals surface area contributed by atoms with Gasteiger partial charge in [0, 0.05) is 48.4 Å². The summed E-state index contributed by atoms with van der Waals surface area (Å²) in [5.74, 6) is 0. The molecule has 6 nitrogen and oxygen atoms in total. The predicted molar refractivity (Wildman–Crippen MR) is 464 cm³/mol. The zero-order chi connectivity index (χ0) is 75.9. The van der Waals surface area contributed by atoms with Crippen molar-refractivity contribution in [1.29, 1.82) is 0 Å². The molecule has 546 valence electrons. The third kappa shape index (κ3) is 15.7. The van der Waals surface area contributed by atoms with Crippen LogP contribution in [-0.2, 0) is 40.2 Å². The molecule has 0 atom stereocenters. The minimum Gasteiger partial charge on any atom is -0.351 e. The van der Waals surface area contributed by atoms with Gasteiger partial charge in [-0.2, -0.15) is 5.56 Å². The number of nitrogens with zero attached hydrogens (tertiary/aromatic N) is 6. The number of rotatable bonds is 18. The van der Waals surface area contributed by atoms with Crippen LogP contribution in [-0.4, -0.2) is 29.9 Å². The first-order chi connectivity index (χ1) is 56.5. The summed E-state index contributed by atoms with van der Waals surface area (Å²) in [6.45, 7) is 0. The van der Waals surface area contributed by atoms with Gasteiger partial charge in [0.2, 0.25) is 0 Å². The van der Waals surface area contributed by atoms with Crippen LogP contribution < -0.4 is 0 Å². The van der Waals surface area contributed by atoms with Gasteiger partial charge in [-0.05, 0) is 173 Å². The molecule has 0 fully saturated rings. The van der Waals surface area contributed by atoms with Crippen LogP contribution in [0.25, 0.3) is 201 Å². The Morgan fingerprint density at radius 2 is 0.362 bits per heavy atom. The van der Waals surface area contributed by atoms with Crippen LogP contribution in [0.2, 0.25) is 0 Å². The van der Waals surface area contributed by atoms with Crippen molar-refractivity contribution in [1.82, 2.24) is 29.9 Å². The second-order valence-corrected chi connectivity index (χ2v) is 28.0. The van der Waals surface area contributed by atoms with E-state index in [4.69, 9.17) is 9.97 Å². The Morgan fingerprint density at radius 3 is 0.560 bits per heavy atom. The SMILES string of the molecule is [Ir+3].[Ir+3].[c-]1cc(-c2ccccc2-c2cc(-c3ccccc3-c3c[c-]c(-c4ccccn4)cc3)cc(-c3ccccc3-c3ccc(-c4[c-]c[c-]c(-c5ccc(-c6ccccc6-c6cc(-c7ccccc7-c7c[c-]c(-c8ccccn8)cc7)cc(-c7ccccc7-c7c[c-]c(-c8ccccn8)cc7)c6)cn5)c4)nc3)c2)ccc1-c1ccccn1. The first kappa shape index (κ1) is 74.8. The van der Waals surface area contributed by atoms with E-state index in [0.29, 0.717) is 0 Å². The molecule has 0 N–H and O–H groups in total. The Bertz CT molecular complexity index is 5950. The molecule has 0 unspecified atom stereocenters. The number of benzene rings is 13. The van der Waals surface area contributed by atoms with Crippen molar-refractivity contribution in [2.24, 2.45) is 0 Å². The van der Waals surface area contributed by atoms with E-state index in [9.17, 15) is 0 Å². The molecule has 0 spiro atoms. The smallest absolute Gasteiger partial charge is 0.351 e. The van der Waals surface area contributed by atoms with Crippen molar-refractivity contribution in [2.75, 3.05) is 0 Å². The molecular weight excluding hydrogens is 1770 g/mol. The van der Waals surface area contributed by atoms with Gasteiger partial charge in [0.25, 0.3) is 0 Å². The van der Waals surface area contributed by atoms with E-state index in [1.807, 2.05) is 116 Å². The summed E-state index contributed by atoms with van der Waals surface area (Å²) in [5, 5.41) is 0. The van der Waals surface area contributed by atoms with E-state index in [1.54, 1.807) is 0 Å². The zero-order valence-corrected chi connectivity index (χ0v) is 67.2. The first-order valence-corrected chi connectivity index (χ1v) is 38.0. The van der Waals surface area contributed by atoms with Gasteiger partial charge in [0.15, 0.2) is 0 Å². The summed E-state index contributed by atoms with van der Waals surface area (Å²) in [7, 11) is 0. The largest absolute Gasteiger partial charge is 3.00 e. The fourth-order valence-electron chi connectivity index (χ4n) is 15.3. The summed E-state index contributed by atoms with van der Waals surface area (Å²) < 4.78 is 0. The van der Waals surface area contributed by atoms with Crippen molar-refractivity contribution in [3.8, 4) is 201 Å². The van der Waals surface area contributed by atoms with Crippen LogP contribution in [0.4, 0.5) is 0 Å². The molecule has 8 heteroatoms. The van der Waals surface area contributed by atoms with E-state index in [1.165, 1.54) is 0 Å². The summed E-state index contributed by atoms with van der Waals surface area (Å²) in [6, 6.07) is 149. The van der Waals surface area contributed by atoms with Crippen LogP contribution in [0.1, 0.15) is 0 Å². The van der Waals surface area contributed by atoms with Gasteiger partial charge in [0.05, 0.1) is 0 Å². The van der Waals surface area contributed by atoms with E-state index in [2.05, 4.69) is 341 Å². The maximum absolute atomic E-state index is 5.19. The third-order valence-corrected chi connectivity index (χ3v) is 21.0. The topological polar surface area (TPSA) is 77.3 Å². The van der Waals surface area contributed by atoms with E-state index in [0.717, 1.165) is 201 Å². The molecular formula is C108H66Ir2N6. The predicted octanol–water partition coefficient (Wildman–Crippen LogP) is 26.9. The molecule has 19 aromatic rings. The standard InChI is InChI=1S/C108H66N6.2Ir/c1-7-30-97(91(24-1)73-40-48-77(49-41-73)103-36-13-17-60-109-103)85-65-86(98-31-8-2-25-92(98)74-42-50-78(51-43-74)104-37-14-18-61-110-104)68-89(67-85)101-34-11-5-28-95(101)83-56-58-107(113-71-83)81-22-21-23-82(64-81)108-59-57-84(72-114-108)96-29-6-12-35-102(96)90-69-87(99-32-9-3-26-93(99)75-44-52-79(53-45-75)105-38-15-19-62-111-105)66-88(70-90)100-33-10-4-27-94(100)76-46-54-80(55-47-76)106-39-16-20-63-112-106;;/h1-21,24-48,50,52,54,56-72H;;/q-6;2*+3. The zero-order valence-electron chi connectivity index (χ0n) is 62.5. The van der Waals surface area contributed by atoms with E-state index in [-0.39, 0.29) is 40.2 Å². The molecule has 13 aromatic carbocycles. The fraction of sp³-hybridized carbons (Fsp3) is 0. The van der Waals surface area contributed by atoms with Crippen LogP contribution in [0.5, 0.6) is 0 Å². The van der Waals surface area contributed by atoms with Crippen molar-refractivity contribution in [3.63, 3.8) is 0 Å². The average Bonchev–Trinajstić information content (AvgIpc) is 0.770. The summed E-state index contributed by atoms with van der Waals surface area (Å²) in [5.41, 5.74) is 36.2. The Hall–Kier alpha value is -13.9. The normalized spacial score (nSPS) is 11.0. The molecule has 6 aromatic heterocycles. The molecule has 0 amide bonds. The number of hydrogen-bond acceptors (Lipinski definition) is 6. The maximum Gasteiger partial charge on any atom is 3.00 e. The molecule has 0 aliphatic rings. The van der Waals surface area contributed by atoms with Gasteiger partial charge in [0.1, 0.15) is 0 Å². The summed E-state index contributed by atoms with van der Waals surface area (Å²) >= 11 is 0. The van der Waals surface area contributed by atoms with Crippen molar-refractivity contribution < 1.29 is 40.2 Å². The quantitative estimate of drug-likeness (QED) is 0.0797. The van der Waals surface area contributed by atoms with Crippen LogP contribution in [0.3, 0.4) is 0 Å².